The van der Waals surface area contributed by atoms with E-state index in [0.29, 0.717) is 37.2 Å². The van der Waals surface area contributed by atoms with Gasteiger partial charge in [0.15, 0.2) is 0 Å². The van der Waals surface area contributed by atoms with Crippen molar-refractivity contribution < 1.29 is 4.79 Å². The van der Waals surface area contributed by atoms with Crippen molar-refractivity contribution in [3.63, 3.8) is 0 Å². The maximum atomic E-state index is 13.4. The van der Waals surface area contributed by atoms with Crippen molar-refractivity contribution >= 4 is 11.7 Å². The first-order valence-corrected chi connectivity index (χ1v) is 10.9. The summed E-state index contributed by atoms with van der Waals surface area (Å²) in [6, 6.07) is 9.70. The molecule has 1 saturated carbocycles. The fourth-order valence-electron chi connectivity index (χ4n) is 5.21. The zero-order valence-corrected chi connectivity index (χ0v) is 17.1. The monoisotopic (exact) mass is 416 g/mol. The van der Waals surface area contributed by atoms with E-state index in [0.717, 1.165) is 36.2 Å². The molecule has 0 spiro atoms. The first kappa shape index (κ1) is 18.4. The number of pyridine rings is 1. The highest BCUT2D eigenvalue weighted by molar-refractivity contribution is 5.93. The lowest BCUT2D eigenvalue weighted by molar-refractivity contribution is 0.0584. The smallest absolute Gasteiger partial charge is 0.270 e. The Kier molecular flexibility index (Phi) is 4.03. The van der Waals surface area contributed by atoms with Crippen LogP contribution in [0.4, 0.5) is 5.82 Å². The van der Waals surface area contributed by atoms with Gasteiger partial charge in [0.2, 0.25) is 0 Å². The Morgan fingerprint density at radius 1 is 1.10 bits per heavy atom. The Morgan fingerprint density at radius 3 is 2.77 bits per heavy atom. The summed E-state index contributed by atoms with van der Waals surface area (Å²) in [7, 11) is 0. The molecular formula is C23H24N6O2. The number of hydrogen-bond acceptors (Lipinski definition) is 5. The lowest BCUT2D eigenvalue weighted by Crippen LogP contribution is -2.49. The molecule has 1 amide bonds. The van der Waals surface area contributed by atoms with E-state index in [9.17, 15) is 9.59 Å². The van der Waals surface area contributed by atoms with E-state index in [-0.39, 0.29) is 23.3 Å². The highest BCUT2D eigenvalue weighted by Crippen LogP contribution is 2.39. The normalized spacial score (nSPS) is 22.3. The molecule has 2 fully saturated rings. The molecule has 2 N–H and O–H groups in total. The molecule has 8 nitrogen and oxygen atoms in total. The number of hydrogen-bond donors (Lipinski definition) is 1. The molecule has 3 aromatic heterocycles. The maximum absolute atomic E-state index is 13.4. The summed E-state index contributed by atoms with van der Waals surface area (Å²) in [4.78, 5) is 36.5. The molecule has 1 aliphatic carbocycles. The number of anilines is 1. The molecule has 158 valence electrons. The quantitative estimate of drug-likeness (QED) is 0.706. The van der Waals surface area contributed by atoms with Gasteiger partial charge in [-0.05, 0) is 43.4 Å². The zero-order chi connectivity index (χ0) is 21.1. The fourth-order valence-corrected chi connectivity index (χ4v) is 5.21. The average Bonchev–Trinajstić information content (AvgIpc) is 3.50. The SMILES string of the molecule is Nc1cc(-c2cc3n(c(=O)c2)C[C@H]2C[C@@H]3CN(C(=O)c3cccn3C3CC3)C2)ncn1. The van der Waals surface area contributed by atoms with Gasteiger partial charge in [0.1, 0.15) is 17.8 Å². The van der Waals surface area contributed by atoms with Crippen molar-refractivity contribution in [2.75, 3.05) is 18.8 Å². The molecule has 6 rings (SSSR count). The van der Waals surface area contributed by atoms with Gasteiger partial charge in [-0.25, -0.2) is 9.97 Å². The minimum absolute atomic E-state index is 0.0261. The molecule has 5 heterocycles. The number of likely N-dealkylation sites (tertiary alicyclic amines) is 1. The second-order valence-electron chi connectivity index (χ2n) is 8.99. The minimum atomic E-state index is -0.0261. The number of amides is 1. The molecule has 31 heavy (non-hydrogen) atoms. The number of nitrogen functional groups attached to an aromatic ring is 1. The van der Waals surface area contributed by atoms with E-state index in [1.54, 1.807) is 12.1 Å². The van der Waals surface area contributed by atoms with Gasteiger partial charge >= 0.3 is 0 Å². The number of carbonyl (C=O) groups excluding carboxylic acids is 1. The summed E-state index contributed by atoms with van der Waals surface area (Å²) < 4.78 is 4.00. The van der Waals surface area contributed by atoms with Crippen molar-refractivity contribution in [3.8, 4) is 11.3 Å². The summed E-state index contributed by atoms with van der Waals surface area (Å²) in [6.45, 7) is 1.96. The molecule has 3 aromatic rings. The van der Waals surface area contributed by atoms with Crippen LogP contribution in [0.2, 0.25) is 0 Å². The second kappa shape index (κ2) is 6.80. The predicted octanol–water partition coefficient (Wildman–Crippen LogP) is 2.28. The number of rotatable bonds is 3. The van der Waals surface area contributed by atoms with Crippen LogP contribution in [0.1, 0.15) is 47.4 Å². The summed E-state index contributed by atoms with van der Waals surface area (Å²) in [6.07, 6.45) is 6.71. The van der Waals surface area contributed by atoms with Gasteiger partial charge in [-0.2, -0.15) is 0 Å². The number of carbonyl (C=O) groups is 1. The molecule has 2 aliphatic heterocycles. The molecule has 2 atom stereocenters. The molecule has 8 heteroatoms. The third kappa shape index (κ3) is 3.13. The molecule has 0 unspecified atom stereocenters. The molecule has 2 bridgehead atoms. The van der Waals surface area contributed by atoms with Crippen molar-refractivity contribution in [3.05, 3.63) is 64.6 Å². The molecule has 3 aliphatic rings. The average molecular weight is 416 g/mol. The molecular weight excluding hydrogens is 392 g/mol. The molecule has 1 saturated heterocycles. The predicted molar refractivity (Wildman–Crippen MR) is 116 cm³/mol. The molecule has 0 radical (unpaired) electrons. The highest BCUT2D eigenvalue weighted by atomic mass is 16.2. The summed E-state index contributed by atoms with van der Waals surface area (Å²) in [5, 5.41) is 0. The number of nitrogens with two attached hydrogens (primary N) is 1. The van der Waals surface area contributed by atoms with Crippen LogP contribution in [0.5, 0.6) is 0 Å². The van der Waals surface area contributed by atoms with Crippen LogP contribution >= 0.6 is 0 Å². The van der Waals surface area contributed by atoms with Gasteiger partial charge < -0.3 is 19.8 Å². The van der Waals surface area contributed by atoms with Gasteiger partial charge in [0.05, 0.1) is 5.69 Å². The lowest BCUT2D eigenvalue weighted by Gasteiger charge is -2.43. The second-order valence-corrected chi connectivity index (χ2v) is 8.99. The topological polar surface area (TPSA) is 99.0 Å². The first-order valence-electron chi connectivity index (χ1n) is 10.9. The van der Waals surface area contributed by atoms with Gasteiger partial charge in [0.25, 0.3) is 11.5 Å². The van der Waals surface area contributed by atoms with E-state index >= 15 is 0 Å². The van der Waals surface area contributed by atoms with E-state index in [4.69, 9.17) is 5.73 Å². The van der Waals surface area contributed by atoms with Crippen LogP contribution in [0.3, 0.4) is 0 Å². The Balaban J connectivity index is 1.33. The minimum Gasteiger partial charge on any atom is -0.384 e. The van der Waals surface area contributed by atoms with Crippen molar-refractivity contribution in [1.29, 1.82) is 0 Å². The highest BCUT2D eigenvalue weighted by Gasteiger charge is 2.38. The third-order valence-electron chi connectivity index (χ3n) is 6.77. The van der Waals surface area contributed by atoms with Crippen molar-refractivity contribution in [1.82, 2.24) is 24.0 Å². The van der Waals surface area contributed by atoms with Crippen LogP contribution in [-0.2, 0) is 6.54 Å². The Bertz CT molecular complexity index is 1240. The van der Waals surface area contributed by atoms with E-state index in [1.807, 2.05) is 33.9 Å². The van der Waals surface area contributed by atoms with E-state index in [2.05, 4.69) is 14.5 Å². The Morgan fingerprint density at radius 2 is 1.97 bits per heavy atom. The Hall–Kier alpha value is -3.42. The van der Waals surface area contributed by atoms with Crippen LogP contribution < -0.4 is 11.3 Å². The van der Waals surface area contributed by atoms with Crippen LogP contribution in [0, 0.1) is 5.92 Å². The van der Waals surface area contributed by atoms with E-state index in [1.165, 1.54) is 6.33 Å². The maximum Gasteiger partial charge on any atom is 0.270 e. The Labute approximate surface area is 179 Å². The first-order chi connectivity index (χ1) is 15.1. The number of aromatic nitrogens is 4. The van der Waals surface area contributed by atoms with Gasteiger partial charge in [-0.15, -0.1) is 0 Å². The third-order valence-corrected chi connectivity index (χ3v) is 6.77. The van der Waals surface area contributed by atoms with E-state index < -0.39 is 0 Å². The van der Waals surface area contributed by atoms with Crippen LogP contribution in [0.15, 0.2) is 47.7 Å². The largest absolute Gasteiger partial charge is 0.384 e. The van der Waals surface area contributed by atoms with Gasteiger partial charge in [-0.1, -0.05) is 0 Å². The van der Waals surface area contributed by atoms with Gasteiger partial charge in [0, 0.05) is 61.2 Å². The summed E-state index contributed by atoms with van der Waals surface area (Å²) >= 11 is 0. The molecule has 0 aromatic carbocycles. The van der Waals surface area contributed by atoms with Crippen molar-refractivity contribution in [2.24, 2.45) is 5.92 Å². The summed E-state index contributed by atoms with van der Waals surface area (Å²) in [5.41, 5.74) is 8.93. The lowest BCUT2D eigenvalue weighted by atomic mass is 9.82. The summed E-state index contributed by atoms with van der Waals surface area (Å²) in [5.74, 6) is 0.892. The van der Waals surface area contributed by atoms with Crippen LogP contribution in [0.25, 0.3) is 11.3 Å². The zero-order valence-electron chi connectivity index (χ0n) is 17.1. The van der Waals surface area contributed by atoms with Crippen LogP contribution in [-0.4, -0.2) is 43.0 Å². The standard InChI is InChI=1S/C23H24N6O2/c24-21-9-18(25-13-26-21)15-7-20-16-6-14(11-29(20)22(30)8-15)10-27(12-16)23(31)19-2-1-5-28(19)17-3-4-17/h1-2,5,7-9,13-14,16-17H,3-4,6,10-12H2,(H2,24,25,26)/t14-,16+/m0/s1. The van der Waals surface area contributed by atoms with Crippen molar-refractivity contribution in [2.45, 2.75) is 37.8 Å². The fraction of sp³-hybridized carbons (Fsp3) is 0.391. The number of nitrogens with zero attached hydrogens (tertiary/aromatic N) is 5. The number of piperidine rings is 1. The van der Waals surface area contributed by atoms with Gasteiger partial charge in [-0.3, -0.25) is 9.59 Å². The number of fused-ring (bicyclic) bond motifs is 4.